The van der Waals surface area contributed by atoms with Crippen molar-refractivity contribution in [2.24, 2.45) is 0 Å². The highest BCUT2D eigenvalue weighted by atomic mass is 16.5. The number of unbranched alkanes of at least 4 members (excludes halogenated alkanes) is 13. The van der Waals surface area contributed by atoms with Crippen LogP contribution in [0.3, 0.4) is 0 Å². The van der Waals surface area contributed by atoms with E-state index < -0.39 is 0 Å². The van der Waals surface area contributed by atoms with E-state index in [9.17, 15) is 4.79 Å². The molecule has 0 radical (unpaired) electrons. The van der Waals surface area contributed by atoms with Gasteiger partial charge in [-0.15, -0.1) is 0 Å². The smallest absolute Gasteiger partial charge is 0.307 e. The van der Waals surface area contributed by atoms with Crippen LogP contribution in [-0.4, -0.2) is 12.6 Å². The number of esters is 1. The molecule has 0 fully saturated rings. The van der Waals surface area contributed by atoms with Crippen LogP contribution >= 0.6 is 0 Å². The molecule has 0 amide bonds. The molecule has 0 aliphatic carbocycles. The summed E-state index contributed by atoms with van der Waals surface area (Å²) in [6.45, 7) is 6.29. The lowest BCUT2D eigenvalue weighted by Crippen LogP contribution is -1.91. The molecule has 0 aromatic carbocycles. The summed E-state index contributed by atoms with van der Waals surface area (Å²) in [5.41, 5.74) is 0.862. The molecule has 0 aliphatic heterocycles. The van der Waals surface area contributed by atoms with Crippen LogP contribution in [0, 0.1) is 0 Å². The number of ether oxygens (including phenoxy) is 2. The average Bonchev–Trinajstić information content (AvgIpc) is 2.62. The van der Waals surface area contributed by atoms with Gasteiger partial charge in [-0.1, -0.05) is 90.4 Å². The van der Waals surface area contributed by atoms with Crippen molar-refractivity contribution in [3.05, 3.63) is 24.2 Å². The average molecular weight is 367 g/mol. The van der Waals surface area contributed by atoms with Gasteiger partial charge in [0.1, 0.15) is 0 Å². The lowest BCUT2D eigenvalue weighted by Gasteiger charge is -2.03. The van der Waals surface area contributed by atoms with Gasteiger partial charge in [0.05, 0.1) is 19.1 Å². The lowest BCUT2D eigenvalue weighted by atomic mass is 10.0. The van der Waals surface area contributed by atoms with Gasteiger partial charge in [-0.3, -0.25) is 4.79 Å². The fourth-order valence-electron chi connectivity index (χ4n) is 2.82. The highest BCUT2D eigenvalue weighted by Crippen LogP contribution is 2.12. The summed E-state index contributed by atoms with van der Waals surface area (Å²) in [6, 6.07) is 0. The summed E-state index contributed by atoms with van der Waals surface area (Å²) in [5.74, 6) is -0.305. The quantitative estimate of drug-likeness (QED) is 0.109. The molecule has 0 saturated heterocycles. The van der Waals surface area contributed by atoms with Crippen LogP contribution in [0.25, 0.3) is 0 Å². The molecular formula is C23H42O3. The van der Waals surface area contributed by atoms with Gasteiger partial charge in [0.15, 0.2) is 0 Å². The maximum absolute atomic E-state index is 10.7. The van der Waals surface area contributed by atoms with E-state index in [0.29, 0.717) is 0 Å². The standard InChI is InChI=1S/C23H42O3/c1-4-5-6-7-8-9-10-11-12-13-14-15-16-17-19-25-20-18-22(2)21-26-23(3)24/h18,20-21H,4-17,19H2,1-3H3/b20-18-,22-21-. The number of hydrogen-bond acceptors (Lipinski definition) is 3. The van der Waals surface area contributed by atoms with Gasteiger partial charge < -0.3 is 9.47 Å². The Hall–Kier alpha value is -1.25. The lowest BCUT2D eigenvalue weighted by molar-refractivity contribution is -0.135. The molecule has 0 atom stereocenters. The van der Waals surface area contributed by atoms with E-state index in [0.717, 1.165) is 18.6 Å². The van der Waals surface area contributed by atoms with Crippen molar-refractivity contribution in [1.29, 1.82) is 0 Å². The van der Waals surface area contributed by atoms with Crippen LogP contribution < -0.4 is 0 Å². The summed E-state index contributed by atoms with van der Waals surface area (Å²) in [6.07, 6.45) is 24.1. The second kappa shape index (κ2) is 20.1. The van der Waals surface area contributed by atoms with E-state index in [1.54, 1.807) is 6.26 Å². The Kier molecular flexibility index (Phi) is 19.1. The van der Waals surface area contributed by atoms with Crippen molar-refractivity contribution >= 4 is 5.97 Å². The minimum Gasteiger partial charge on any atom is -0.501 e. The van der Waals surface area contributed by atoms with E-state index in [-0.39, 0.29) is 5.97 Å². The van der Waals surface area contributed by atoms with Crippen LogP contribution in [0.1, 0.15) is 111 Å². The van der Waals surface area contributed by atoms with Gasteiger partial charge in [0.2, 0.25) is 0 Å². The first-order valence-electron chi connectivity index (χ1n) is 10.8. The number of allylic oxidation sites excluding steroid dienone is 2. The largest absolute Gasteiger partial charge is 0.501 e. The Morgan fingerprint density at radius 1 is 0.731 bits per heavy atom. The third-order valence-electron chi connectivity index (χ3n) is 4.45. The molecule has 3 heteroatoms. The molecule has 0 aromatic heterocycles. The Morgan fingerprint density at radius 2 is 1.19 bits per heavy atom. The predicted molar refractivity (Wildman–Crippen MR) is 111 cm³/mol. The second-order valence-corrected chi connectivity index (χ2v) is 7.24. The van der Waals surface area contributed by atoms with Crippen molar-refractivity contribution in [3.8, 4) is 0 Å². The second-order valence-electron chi connectivity index (χ2n) is 7.24. The molecule has 26 heavy (non-hydrogen) atoms. The van der Waals surface area contributed by atoms with Crippen LogP contribution in [0.5, 0.6) is 0 Å². The normalized spacial score (nSPS) is 11.9. The molecule has 3 nitrogen and oxygen atoms in total. The van der Waals surface area contributed by atoms with Gasteiger partial charge in [-0.05, 0) is 25.0 Å². The first-order chi connectivity index (χ1) is 12.7. The summed E-state index contributed by atoms with van der Waals surface area (Å²) < 4.78 is 10.2. The Labute approximate surface area is 162 Å². The van der Waals surface area contributed by atoms with Crippen molar-refractivity contribution in [3.63, 3.8) is 0 Å². The molecule has 152 valence electrons. The zero-order chi connectivity index (χ0) is 19.3. The number of rotatable bonds is 18. The highest BCUT2D eigenvalue weighted by molar-refractivity contribution is 5.66. The van der Waals surface area contributed by atoms with Gasteiger partial charge in [0.25, 0.3) is 0 Å². The first-order valence-corrected chi connectivity index (χ1v) is 10.8. The van der Waals surface area contributed by atoms with E-state index >= 15 is 0 Å². The molecule has 0 spiro atoms. The Morgan fingerprint density at radius 3 is 1.65 bits per heavy atom. The fourth-order valence-corrected chi connectivity index (χ4v) is 2.82. The highest BCUT2D eigenvalue weighted by Gasteiger charge is 1.94. The molecular weight excluding hydrogens is 324 g/mol. The molecule has 0 bridgehead atoms. The summed E-state index contributed by atoms with van der Waals surface area (Å²) >= 11 is 0. The Balaban J connectivity index is 3.22. The van der Waals surface area contributed by atoms with Crippen molar-refractivity contribution in [1.82, 2.24) is 0 Å². The van der Waals surface area contributed by atoms with Gasteiger partial charge in [-0.2, -0.15) is 0 Å². The van der Waals surface area contributed by atoms with Gasteiger partial charge in [0, 0.05) is 6.92 Å². The third-order valence-corrected chi connectivity index (χ3v) is 4.45. The molecule has 0 heterocycles. The van der Waals surface area contributed by atoms with E-state index in [2.05, 4.69) is 6.92 Å². The number of carbonyl (C=O) groups is 1. The van der Waals surface area contributed by atoms with Gasteiger partial charge in [-0.25, -0.2) is 0 Å². The first kappa shape index (κ1) is 24.8. The van der Waals surface area contributed by atoms with Crippen LogP contribution in [0.2, 0.25) is 0 Å². The van der Waals surface area contributed by atoms with Crippen molar-refractivity contribution < 1.29 is 14.3 Å². The fraction of sp³-hybridized carbons (Fsp3) is 0.783. The van der Waals surface area contributed by atoms with E-state index in [1.807, 2.05) is 13.0 Å². The monoisotopic (exact) mass is 366 g/mol. The number of hydrogen-bond donors (Lipinski definition) is 0. The zero-order valence-corrected chi connectivity index (χ0v) is 17.6. The van der Waals surface area contributed by atoms with Crippen molar-refractivity contribution in [2.45, 2.75) is 111 Å². The molecule has 0 aliphatic rings. The summed E-state index contributed by atoms with van der Waals surface area (Å²) in [5, 5.41) is 0. The maximum Gasteiger partial charge on any atom is 0.307 e. The Bertz CT molecular complexity index is 372. The zero-order valence-electron chi connectivity index (χ0n) is 17.6. The van der Waals surface area contributed by atoms with Crippen molar-refractivity contribution in [2.75, 3.05) is 6.61 Å². The summed E-state index contributed by atoms with van der Waals surface area (Å²) in [4.78, 5) is 10.7. The SMILES string of the molecule is CCCCCCCCCCCCCCCCO/C=C\C(C)=C/OC(C)=O. The minimum atomic E-state index is -0.305. The molecule has 0 unspecified atom stereocenters. The third kappa shape index (κ3) is 20.8. The predicted octanol–water partition coefficient (Wildman–Crippen LogP) is 7.46. The van der Waals surface area contributed by atoms with Crippen LogP contribution in [0.15, 0.2) is 24.2 Å². The minimum absolute atomic E-state index is 0.305. The summed E-state index contributed by atoms with van der Waals surface area (Å²) in [7, 11) is 0. The molecule has 0 rings (SSSR count). The molecule has 0 aromatic rings. The van der Waals surface area contributed by atoms with Crippen LogP contribution in [0.4, 0.5) is 0 Å². The topological polar surface area (TPSA) is 35.5 Å². The van der Waals surface area contributed by atoms with E-state index in [1.165, 1.54) is 96.7 Å². The van der Waals surface area contributed by atoms with Gasteiger partial charge >= 0.3 is 5.97 Å². The van der Waals surface area contributed by atoms with Crippen LogP contribution in [-0.2, 0) is 14.3 Å². The number of carbonyl (C=O) groups excluding carboxylic acids is 1. The maximum atomic E-state index is 10.7. The van der Waals surface area contributed by atoms with E-state index in [4.69, 9.17) is 9.47 Å². The molecule has 0 saturated carbocycles. The molecule has 0 N–H and O–H groups in total.